The molecule has 6 heteroatoms. The number of aromatic nitrogens is 1. The van der Waals surface area contributed by atoms with Crippen LogP contribution in [-0.4, -0.2) is 28.2 Å². The van der Waals surface area contributed by atoms with Crippen LogP contribution in [0.5, 0.6) is 0 Å². The largest absolute Gasteiger partial charge is 0.332 e. The highest BCUT2D eigenvalue weighted by Gasteiger charge is 2.30. The van der Waals surface area contributed by atoms with Crippen LogP contribution < -0.4 is 5.32 Å². The van der Waals surface area contributed by atoms with Crippen LogP contribution in [0.25, 0.3) is 0 Å². The van der Waals surface area contributed by atoms with Crippen molar-refractivity contribution in [2.75, 3.05) is 11.9 Å². The Morgan fingerprint density at radius 1 is 1.15 bits per heavy atom. The molecule has 136 valence electrons. The van der Waals surface area contributed by atoms with Gasteiger partial charge < -0.3 is 10.2 Å². The summed E-state index contributed by atoms with van der Waals surface area (Å²) in [7, 11) is 0. The van der Waals surface area contributed by atoms with E-state index < -0.39 is 0 Å². The van der Waals surface area contributed by atoms with Gasteiger partial charge in [-0.3, -0.25) is 14.6 Å². The predicted octanol–water partition coefficient (Wildman–Crippen LogP) is 4.37. The molecular formula is C21H19N3O2S. The van der Waals surface area contributed by atoms with E-state index in [-0.39, 0.29) is 17.9 Å². The van der Waals surface area contributed by atoms with E-state index in [1.807, 2.05) is 10.3 Å². The number of pyridine rings is 1. The van der Waals surface area contributed by atoms with Crippen molar-refractivity contribution in [1.82, 2.24) is 9.88 Å². The van der Waals surface area contributed by atoms with Crippen molar-refractivity contribution in [2.24, 2.45) is 0 Å². The van der Waals surface area contributed by atoms with Gasteiger partial charge in [0.15, 0.2) is 0 Å². The Morgan fingerprint density at radius 2 is 2.04 bits per heavy atom. The molecule has 1 saturated heterocycles. The Labute approximate surface area is 161 Å². The summed E-state index contributed by atoms with van der Waals surface area (Å²) in [5.41, 5.74) is 2.86. The smallest absolute Gasteiger partial charge is 0.257 e. The third-order valence-corrected chi connectivity index (χ3v) is 5.43. The average molecular weight is 377 g/mol. The fourth-order valence-corrected chi connectivity index (χ4v) is 4.12. The second-order valence-corrected chi connectivity index (χ2v) is 7.27. The fraction of sp³-hybridized carbons (Fsp3) is 0.190. The molecule has 0 bridgehead atoms. The van der Waals surface area contributed by atoms with E-state index in [0.717, 1.165) is 19.4 Å². The van der Waals surface area contributed by atoms with Crippen LogP contribution in [0.3, 0.4) is 0 Å². The first-order valence-electron chi connectivity index (χ1n) is 8.87. The molecule has 1 aliphatic heterocycles. The number of carbonyl (C=O) groups excluding carboxylic acids is 2. The minimum Gasteiger partial charge on any atom is -0.332 e. The number of carbonyl (C=O) groups is 2. The SMILES string of the molecule is O=C(Nc1cccc(C(=O)N2CCC[C@H]2c2ccsc2)c1)c1cccnc1. The summed E-state index contributed by atoms with van der Waals surface area (Å²) in [4.78, 5) is 31.3. The molecule has 3 aromatic rings. The van der Waals surface area contributed by atoms with Gasteiger partial charge >= 0.3 is 0 Å². The van der Waals surface area contributed by atoms with Crippen LogP contribution in [0.4, 0.5) is 5.69 Å². The van der Waals surface area contributed by atoms with Crippen molar-refractivity contribution in [3.05, 3.63) is 82.3 Å². The second kappa shape index (κ2) is 7.72. The zero-order valence-electron chi connectivity index (χ0n) is 14.7. The van der Waals surface area contributed by atoms with Crippen LogP contribution in [0, 0.1) is 0 Å². The van der Waals surface area contributed by atoms with Crippen LogP contribution in [0.2, 0.25) is 0 Å². The third kappa shape index (κ3) is 3.75. The zero-order valence-corrected chi connectivity index (χ0v) is 15.5. The number of benzene rings is 1. The van der Waals surface area contributed by atoms with Crippen molar-refractivity contribution >= 4 is 28.8 Å². The number of thiophene rings is 1. The molecule has 1 aromatic carbocycles. The Kier molecular flexibility index (Phi) is 4.98. The van der Waals surface area contributed by atoms with E-state index in [2.05, 4.69) is 21.7 Å². The van der Waals surface area contributed by atoms with Crippen LogP contribution in [-0.2, 0) is 0 Å². The topological polar surface area (TPSA) is 62.3 Å². The lowest BCUT2D eigenvalue weighted by Gasteiger charge is -2.24. The molecule has 5 nitrogen and oxygen atoms in total. The highest BCUT2D eigenvalue weighted by molar-refractivity contribution is 7.08. The van der Waals surface area contributed by atoms with Crippen LogP contribution in [0.15, 0.2) is 65.6 Å². The van der Waals surface area contributed by atoms with Gasteiger partial charge in [0, 0.05) is 30.2 Å². The van der Waals surface area contributed by atoms with Crippen LogP contribution >= 0.6 is 11.3 Å². The van der Waals surface area contributed by atoms with E-state index in [1.54, 1.807) is 53.9 Å². The Bertz CT molecular complexity index is 941. The molecule has 1 atom stereocenters. The number of nitrogens with one attached hydrogen (secondary N) is 1. The summed E-state index contributed by atoms with van der Waals surface area (Å²) in [6.45, 7) is 0.756. The minimum absolute atomic E-state index is 0.00109. The highest BCUT2D eigenvalue weighted by Crippen LogP contribution is 2.34. The van der Waals surface area contributed by atoms with Gasteiger partial charge in [0.05, 0.1) is 11.6 Å². The van der Waals surface area contributed by atoms with Gasteiger partial charge in [-0.1, -0.05) is 6.07 Å². The molecule has 0 aliphatic carbocycles. The van der Waals surface area contributed by atoms with Gasteiger partial charge in [-0.2, -0.15) is 11.3 Å². The number of anilines is 1. The summed E-state index contributed by atoms with van der Waals surface area (Å²) in [5.74, 6) is -0.244. The highest BCUT2D eigenvalue weighted by atomic mass is 32.1. The van der Waals surface area contributed by atoms with Crippen LogP contribution in [0.1, 0.15) is 45.2 Å². The molecule has 4 rings (SSSR count). The maximum atomic E-state index is 13.1. The summed E-state index contributed by atoms with van der Waals surface area (Å²) in [5, 5.41) is 6.99. The van der Waals surface area contributed by atoms with Crippen molar-refractivity contribution in [1.29, 1.82) is 0 Å². The number of hydrogen-bond acceptors (Lipinski definition) is 4. The van der Waals surface area contributed by atoms with E-state index >= 15 is 0 Å². The van der Waals surface area contributed by atoms with Gasteiger partial charge in [0.25, 0.3) is 11.8 Å². The van der Waals surface area contributed by atoms with E-state index in [4.69, 9.17) is 0 Å². The molecular weight excluding hydrogens is 358 g/mol. The second-order valence-electron chi connectivity index (χ2n) is 6.49. The zero-order chi connectivity index (χ0) is 18.6. The molecule has 0 saturated carbocycles. The molecule has 3 heterocycles. The van der Waals surface area contributed by atoms with Gasteiger partial charge in [0.1, 0.15) is 0 Å². The number of rotatable bonds is 4. The first-order chi connectivity index (χ1) is 13.2. The number of nitrogens with zero attached hydrogens (tertiary/aromatic N) is 2. The third-order valence-electron chi connectivity index (χ3n) is 4.73. The molecule has 0 radical (unpaired) electrons. The Balaban J connectivity index is 1.52. The molecule has 1 aliphatic rings. The lowest BCUT2D eigenvalue weighted by Crippen LogP contribution is -2.30. The number of likely N-dealkylation sites (tertiary alicyclic amines) is 1. The van der Waals surface area contributed by atoms with E-state index in [9.17, 15) is 9.59 Å². The maximum absolute atomic E-state index is 13.1. The van der Waals surface area contributed by atoms with Gasteiger partial charge in [0.2, 0.25) is 0 Å². The number of hydrogen-bond donors (Lipinski definition) is 1. The molecule has 1 fully saturated rings. The first kappa shape index (κ1) is 17.4. The summed E-state index contributed by atoms with van der Waals surface area (Å²) in [6, 6.07) is 12.8. The Morgan fingerprint density at radius 3 is 2.81 bits per heavy atom. The molecule has 2 aromatic heterocycles. The quantitative estimate of drug-likeness (QED) is 0.734. The lowest BCUT2D eigenvalue weighted by atomic mass is 10.1. The van der Waals surface area contributed by atoms with E-state index in [1.165, 1.54) is 11.8 Å². The minimum atomic E-state index is -0.245. The lowest BCUT2D eigenvalue weighted by molar-refractivity contribution is 0.0735. The molecule has 0 spiro atoms. The van der Waals surface area contributed by atoms with Crippen molar-refractivity contribution < 1.29 is 9.59 Å². The van der Waals surface area contributed by atoms with Gasteiger partial charge in [-0.15, -0.1) is 0 Å². The molecule has 0 unspecified atom stereocenters. The number of amides is 2. The summed E-state index contributed by atoms with van der Waals surface area (Å²) >= 11 is 1.65. The van der Waals surface area contributed by atoms with E-state index in [0.29, 0.717) is 16.8 Å². The maximum Gasteiger partial charge on any atom is 0.257 e. The predicted molar refractivity (Wildman–Crippen MR) is 106 cm³/mol. The fourth-order valence-electron chi connectivity index (χ4n) is 3.42. The summed E-state index contributed by atoms with van der Waals surface area (Å²) < 4.78 is 0. The average Bonchev–Trinajstić information content (AvgIpc) is 3.39. The normalized spacial score (nSPS) is 16.3. The monoisotopic (exact) mass is 377 g/mol. The van der Waals surface area contributed by atoms with Crippen molar-refractivity contribution in [2.45, 2.75) is 18.9 Å². The summed E-state index contributed by atoms with van der Waals surface area (Å²) in [6.07, 6.45) is 5.12. The molecule has 27 heavy (non-hydrogen) atoms. The van der Waals surface area contributed by atoms with Crippen molar-refractivity contribution in [3.8, 4) is 0 Å². The standard InChI is InChI=1S/C21H19N3O2S/c25-20(16-5-2-9-22-13-16)23-18-6-1-4-15(12-18)21(26)24-10-3-7-19(24)17-8-11-27-14-17/h1-2,4-6,8-9,11-14,19H,3,7,10H2,(H,23,25)/t19-/m0/s1. The van der Waals surface area contributed by atoms with Gasteiger partial charge in [-0.25, -0.2) is 0 Å². The molecule has 2 amide bonds. The molecule has 1 N–H and O–H groups in total. The first-order valence-corrected chi connectivity index (χ1v) is 9.81. The Hall–Kier alpha value is -2.99. The van der Waals surface area contributed by atoms with Crippen molar-refractivity contribution in [3.63, 3.8) is 0 Å². The van der Waals surface area contributed by atoms with Gasteiger partial charge in [-0.05, 0) is 65.6 Å².